The molecule has 0 fully saturated rings. The Morgan fingerprint density at radius 2 is 2.25 bits per heavy atom. The van der Waals surface area contributed by atoms with Gasteiger partial charge in [-0.1, -0.05) is 6.92 Å². The van der Waals surface area contributed by atoms with Crippen molar-refractivity contribution in [3.63, 3.8) is 0 Å². The van der Waals surface area contributed by atoms with Gasteiger partial charge in [-0.05, 0) is 13.3 Å². The molecule has 0 aliphatic rings. The summed E-state index contributed by atoms with van der Waals surface area (Å²) in [5.41, 5.74) is -0.516. The largest absolute Gasteiger partial charge is 0.463 e. The lowest BCUT2D eigenvalue weighted by Crippen LogP contribution is -2.31. The van der Waals surface area contributed by atoms with Crippen LogP contribution in [0.5, 0.6) is 0 Å². The predicted octanol–water partition coefficient (Wildman–Crippen LogP) is 0.868. The highest BCUT2D eigenvalue weighted by molar-refractivity contribution is 7.80. The summed E-state index contributed by atoms with van der Waals surface area (Å²) in [4.78, 5) is 11.3. The molecular weight excluding hydrogens is 176 g/mol. The van der Waals surface area contributed by atoms with Gasteiger partial charge in [-0.2, -0.15) is 12.6 Å². The smallest absolute Gasteiger partial charge is 0.312 e. The zero-order valence-electron chi connectivity index (χ0n) is 7.54. The number of carbonyl (C=O) groups excluding carboxylic acids is 1. The Balaban J connectivity index is 4.03. The molecule has 0 amide bonds. The normalized spacial score (nSPS) is 15.3. The van der Waals surface area contributed by atoms with Crippen LogP contribution >= 0.6 is 12.6 Å². The molecule has 0 bridgehead atoms. The second-order valence-electron chi connectivity index (χ2n) is 2.93. The van der Waals surface area contributed by atoms with Crippen LogP contribution in [-0.4, -0.2) is 30.0 Å². The quantitative estimate of drug-likeness (QED) is 0.502. The Bertz CT molecular complexity index is 143. The zero-order valence-corrected chi connectivity index (χ0v) is 8.43. The highest BCUT2D eigenvalue weighted by atomic mass is 32.1. The highest BCUT2D eigenvalue weighted by Gasteiger charge is 2.31. The molecule has 0 saturated heterocycles. The second-order valence-corrected chi connectivity index (χ2v) is 3.25. The number of hydrogen-bond acceptors (Lipinski definition) is 4. The molecule has 0 heterocycles. The molecule has 72 valence electrons. The average Bonchev–Trinajstić information content (AvgIpc) is 2.12. The maximum atomic E-state index is 11.3. The van der Waals surface area contributed by atoms with E-state index in [4.69, 9.17) is 9.84 Å². The van der Waals surface area contributed by atoms with E-state index in [1.165, 1.54) is 0 Å². The van der Waals surface area contributed by atoms with Crippen LogP contribution in [0.25, 0.3) is 0 Å². The predicted molar refractivity (Wildman–Crippen MR) is 50.3 cm³/mol. The summed E-state index contributed by atoms with van der Waals surface area (Å²) < 4.78 is 4.80. The average molecular weight is 192 g/mol. The second kappa shape index (κ2) is 5.43. The van der Waals surface area contributed by atoms with Gasteiger partial charge in [0, 0.05) is 5.75 Å². The van der Waals surface area contributed by atoms with Crippen molar-refractivity contribution in [3.05, 3.63) is 0 Å². The molecule has 0 saturated carbocycles. The lowest BCUT2D eigenvalue weighted by Gasteiger charge is -2.23. The standard InChI is InChI=1S/C8H16O3S/c1-3-8(2,6-12)7(10)11-5-4-9/h9,12H,3-6H2,1-2H3. The summed E-state index contributed by atoms with van der Waals surface area (Å²) >= 11 is 4.08. The van der Waals surface area contributed by atoms with Crippen molar-refractivity contribution in [3.8, 4) is 0 Å². The molecule has 0 aromatic heterocycles. The highest BCUT2D eigenvalue weighted by Crippen LogP contribution is 2.24. The van der Waals surface area contributed by atoms with E-state index in [0.717, 1.165) is 0 Å². The molecule has 4 heteroatoms. The first-order chi connectivity index (χ1) is 5.60. The van der Waals surface area contributed by atoms with Crippen LogP contribution in [0.4, 0.5) is 0 Å². The summed E-state index contributed by atoms with van der Waals surface area (Å²) in [5, 5.41) is 8.43. The van der Waals surface area contributed by atoms with Crippen LogP contribution in [0.1, 0.15) is 20.3 Å². The van der Waals surface area contributed by atoms with Crippen molar-refractivity contribution in [2.75, 3.05) is 19.0 Å². The molecule has 0 aliphatic heterocycles. The molecule has 0 aromatic carbocycles. The van der Waals surface area contributed by atoms with Gasteiger partial charge in [0.2, 0.25) is 0 Å². The number of hydrogen-bond donors (Lipinski definition) is 2. The van der Waals surface area contributed by atoms with E-state index in [-0.39, 0.29) is 19.2 Å². The monoisotopic (exact) mass is 192 g/mol. The first-order valence-corrected chi connectivity index (χ1v) is 4.63. The Morgan fingerprint density at radius 3 is 2.58 bits per heavy atom. The number of aliphatic hydroxyl groups is 1. The van der Waals surface area contributed by atoms with Crippen molar-refractivity contribution in [1.82, 2.24) is 0 Å². The molecule has 1 unspecified atom stereocenters. The third kappa shape index (κ3) is 3.03. The van der Waals surface area contributed by atoms with Gasteiger partial charge in [0.05, 0.1) is 12.0 Å². The lowest BCUT2D eigenvalue weighted by atomic mass is 9.90. The fourth-order valence-electron chi connectivity index (χ4n) is 0.633. The van der Waals surface area contributed by atoms with E-state index in [1.54, 1.807) is 6.92 Å². The number of aliphatic hydroxyl groups excluding tert-OH is 1. The van der Waals surface area contributed by atoms with Crippen molar-refractivity contribution in [2.24, 2.45) is 5.41 Å². The van der Waals surface area contributed by atoms with E-state index < -0.39 is 5.41 Å². The van der Waals surface area contributed by atoms with Crippen LogP contribution < -0.4 is 0 Å². The molecule has 0 aliphatic carbocycles. The topological polar surface area (TPSA) is 46.5 Å². The SMILES string of the molecule is CCC(C)(CS)C(=O)OCCO. The summed E-state index contributed by atoms with van der Waals surface area (Å²) in [5.74, 6) is 0.183. The number of rotatable bonds is 5. The van der Waals surface area contributed by atoms with Gasteiger partial charge in [0.25, 0.3) is 0 Å². The molecule has 1 N–H and O–H groups in total. The van der Waals surface area contributed by atoms with Crippen molar-refractivity contribution < 1.29 is 14.6 Å². The fourth-order valence-corrected chi connectivity index (χ4v) is 0.986. The molecule has 0 aromatic rings. The van der Waals surface area contributed by atoms with Crippen LogP contribution in [0.3, 0.4) is 0 Å². The lowest BCUT2D eigenvalue weighted by molar-refractivity contribution is -0.154. The number of carbonyl (C=O) groups is 1. The van der Waals surface area contributed by atoms with Crippen LogP contribution in [-0.2, 0) is 9.53 Å². The van der Waals surface area contributed by atoms with Crippen LogP contribution in [0, 0.1) is 5.41 Å². The third-order valence-electron chi connectivity index (χ3n) is 1.95. The minimum Gasteiger partial charge on any atom is -0.463 e. The Kier molecular flexibility index (Phi) is 5.33. The van der Waals surface area contributed by atoms with Crippen molar-refractivity contribution in [1.29, 1.82) is 0 Å². The number of esters is 1. The Labute approximate surface area is 78.5 Å². The van der Waals surface area contributed by atoms with Gasteiger partial charge in [-0.15, -0.1) is 0 Å². The van der Waals surface area contributed by atoms with Crippen LogP contribution in [0.2, 0.25) is 0 Å². The minimum absolute atomic E-state index is 0.0716. The van der Waals surface area contributed by atoms with Gasteiger partial charge < -0.3 is 9.84 Å². The maximum absolute atomic E-state index is 11.3. The number of thiol groups is 1. The summed E-state index contributed by atoms with van der Waals surface area (Å²) in [6.45, 7) is 3.66. The van der Waals surface area contributed by atoms with Crippen molar-refractivity contribution in [2.45, 2.75) is 20.3 Å². The first kappa shape index (κ1) is 11.8. The maximum Gasteiger partial charge on any atom is 0.312 e. The van der Waals surface area contributed by atoms with Gasteiger partial charge in [-0.3, -0.25) is 4.79 Å². The van der Waals surface area contributed by atoms with E-state index >= 15 is 0 Å². The summed E-state index contributed by atoms with van der Waals surface area (Å²) in [6, 6.07) is 0. The zero-order chi connectivity index (χ0) is 9.61. The fraction of sp³-hybridized carbons (Fsp3) is 0.875. The molecule has 0 spiro atoms. The molecular formula is C8H16O3S. The van der Waals surface area contributed by atoms with Crippen molar-refractivity contribution >= 4 is 18.6 Å². The molecule has 0 rings (SSSR count). The first-order valence-electron chi connectivity index (χ1n) is 3.99. The van der Waals surface area contributed by atoms with E-state index in [9.17, 15) is 4.79 Å². The Hall–Kier alpha value is -0.220. The molecule has 12 heavy (non-hydrogen) atoms. The van der Waals surface area contributed by atoms with Gasteiger partial charge >= 0.3 is 5.97 Å². The summed E-state index contributed by atoms with van der Waals surface area (Å²) in [6.07, 6.45) is 0.695. The third-order valence-corrected chi connectivity index (χ3v) is 2.64. The van der Waals surface area contributed by atoms with E-state index in [0.29, 0.717) is 12.2 Å². The minimum atomic E-state index is -0.516. The van der Waals surface area contributed by atoms with Gasteiger partial charge in [-0.25, -0.2) is 0 Å². The van der Waals surface area contributed by atoms with Crippen LogP contribution in [0.15, 0.2) is 0 Å². The Morgan fingerprint density at radius 1 is 1.67 bits per heavy atom. The molecule has 1 atom stereocenters. The summed E-state index contributed by atoms with van der Waals surface area (Å²) in [7, 11) is 0. The molecule has 0 radical (unpaired) electrons. The van der Waals surface area contributed by atoms with Gasteiger partial charge in [0.15, 0.2) is 0 Å². The van der Waals surface area contributed by atoms with E-state index in [2.05, 4.69) is 12.6 Å². The van der Waals surface area contributed by atoms with E-state index in [1.807, 2.05) is 6.92 Å². The molecule has 3 nitrogen and oxygen atoms in total. The number of ether oxygens (including phenoxy) is 1. The van der Waals surface area contributed by atoms with Gasteiger partial charge in [0.1, 0.15) is 6.61 Å².